The van der Waals surface area contributed by atoms with Gasteiger partial charge in [-0.15, -0.1) is 0 Å². The molecule has 2 N–H and O–H groups in total. The van der Waals surface area contributed by atoms with Crippen LogP contribution in [0.1, 0.15) is 77.4 Å². The lowest BCUT2D eigenvalue weighted by atomic mass is 9.83. The minimum absolute atomic E-state index is 0.0866. The second-order valence-corrected chi connectivity index (χ2v) is 9.31. The molecule has 5 nitrogen and oxygen atoms in total. The van der Waals surface area contributed by atoms with Crippen LogP contribution in [0.25, 0.3) is 11.1 Å². The predicted octanol–water partition coefficient (Wildman–Crippen LogP) is 6.17. The molecule has 1 saturated heterocycles. The predicted molar refractivity (Wildman–Crippen MR) is 123 cm³/mol. The summed E-state index contributed by atoms with van der Waals surface area (Å²) >= 11 is 0. The van der Waals surface area contributed by atoms with Crippen LogP contribution in [0.3, 0.4) is 0 Å². The van der Waals surface area contributed by atoms with Crippen molar-refractivity contribution < 1.29 is 15.1 Å². The number of benzene rings is 1. The molecule has 31 heavy (non-hydrogen) atoms. The van der Waals surface area contributed by atoms with Crippen LogP contribution >= 0.6 is 0 Å². The van der Waals surface area contributed by atoms with Crippen LogP contribution in [0.4, 0.5) is 0 Å². The molecule has 0 saturated carbocycles. The molecule has 0 amide bonds. The second-order valence-electron chi connectivity index (χ2n) is 9.31. The Morgan fingerprint density at radius 2 is 1.94 bits per heavy atom. The highest BCUT2D eigenvalue weighted by atomic mass is 16.5. The Balaban J connectivity index is 1.67. The van der Waals surface area contributed by atoms with Crippen LogP contribution in [-0.2, 0) is 4.74 Å². The fourth-order valence-corrected chi connectivity index (χ4v) is 4.69. The van der Waals surface area contributed by atoms with Crippen LogP contribution in [0.15, 0.2) is 41.3 Å². The summed E-state index contributed by atoms with van der Waals surface area (Å²) in [6, 6.07) is 9.27. The van der Waals surface area contributed by atoms with Gasteiger partial charge in [0, 0.05) is 5.56 Å². The lowest BCUT2D eigenvalue weighted by molar-refractivity contribution is -0.0576. The van der Waals surface area contributed by atoms with E-state index < -0.39 is 11.7 Å². The normalized spacial score (nSPS) is 22.4. The van der Waals surface area contributed by atoms with Crippen molar-refractivity contribution in [2.45, 2.75) is 71.8 Å². The van der Waals surface area contributed by atoms with Crippen molar-refractivity contribution in [3.63, 3.8) is 0 Å². The van der Waals surface area contributed by atoms with Crippen molar-refractivity contribution in [2.24, 2.45) is 17.8 Å². The zero-order chi connectivity index (χ0) is 22.4. The number of hydrogen-bond donors (Lipinski definition) is 2. The summed E-state index contributed by atoms with van der Waals surface area (Å²) in [6.45, 7) is 7.22. The minimum Gasteiger partial charge on any atom is -0.507 e. The summed E-state index contributed by atoms with van der Waals surface area (Å²) in [4.78, 5) is 12.7. The van der Waals surface area contributed by atoms with E-state index in [1.807, 2.05) is 30.3 Å². The summed E-state index contributed by atoms with van der Waals surface area (Å²) in [5.74, 6) is 1.28. The standard InChI is InChI=1S/C26H37NO4/c1-4-18(2)11-7-5-8-12-20-15-19(3)25(31-17-20)23-24(28)22(16-27(30)26(23)29)21-13-9-6-10-14-21/h6,9-10,13-14,16,18-20,25,28,30H,4-5,7-8,11-12,15,17H2,1-3H3/t18?,19-,20-,25-/m1/s1. The average molecular weight is 428 g/mol. The Kier molecular flexibility index (Phi) is 8.19. The van der Waals surface area contributed by atoms with Crippen LogP contribution < -0.4 is 5.56 Å². The quantitative estimate of drug-likeness (QED) is 0.371. The Bertz CT molecular complexity index is 892. The van der Waals surface area contributed by atoms with Gasteiger partial charge in [-0.05, 0) is 36.2 Å². The Morgan fingerprint density at radius 3 is 2.61 bits per heavy atom. The molecule has 3 rings (SSSR count). The second kappa shape index (κ2) is 10.9. The van der Waals surface area contributed by atoms with Crippen LogP contribution in [0.2, 0.25) is 0 Å². The van der Waals surface area contributed by atoms with Gasteiger partial charge in [-0.3, -0.25) is 4.79 Å². The van der Waals surface area contributed by atoms with Crippen molar-refractivity contribution in [3.8, 4) is 16.9 Å². The van der Waals surface area contributed by atoms with Gasteiger partial charge < -0.3 is 15.1 Å². The Morgan fingerprint density at radius 1 is 1.19 bits per heavy atom. The van der Waals surface area contributed by atoms with E-state index in [1.165, 1.54) is 38.3 Å². The summed E-state index contributed by atoms with van der Waals surface area (Å²) in [7, 11) is 0. The van der Waals surface area contributed by atoms with E-state index in [-0.39, 0.29) is 17.2 Å². The number of hydrogen-bond acceptors (Lipinski definition) is 4. The maximum Gasteiger partial charge on any atom is 0.292 e. The third-order valence-corrected chi connectivity index (χ3v) is 6.81. The monoisotopic (exact) mass is 427 g/mol. The van der Waals surface area contributed by atoms with E-state index in [9.17, 15) is 15.1 Å². The van der Waals surface area contributed by atoms with Gasteiger partial charge in [-0.2, -0.15) is 4.73 Å². The molecular weight excluding hydrogens is 390 g/mol. The molecule has 5 heteroatoms. The van der Waals surface area contributed by atoms with Crippen LogP contribution in [0.5, 0.6) is 5.75 Å². The fraction of sp³-hybridized carbons (Fsp3) is 0.577. The molecule has 4 atom stereocenters. The largest absolute Gasteiger partial charge is 0.507 e. The topological polar surface area (TPSA) is 71.7 Å². The van der Waals surface area contributed by atoms with Gasteiger partial charge in [0.25, 0.3) is 5.56 Å². The van der Waals surface area contributed by atoms with Gasteiger partial charge in [0.05, 0.1) is 24.5 Å². The zero-order valence-electron chi connectivity index (χ0n) is 19.1. The van der Waals surface area contributed by atoms with Crippen LogP contribution in [0, 0.1) is 17.8 Å². The number of nitrogens with zero attached hydrogens (tertiary/aromatic N) is 1. The van der Waals surface area contributed by atoms with E-state index in [4.69, 9.17) is 4.74 Å². The first-order valence-electron chi connectivity index (χ1n) is 11.8. The summed E-state index contributed by atoms with van der Waals surface area (Å²) in [6.07, 6.45) is 9.16. The molecular formula is C26H37NO4. The van der Waals surface area contributed by atoms with Gasteiger partial charge in [-0.25, -0.2) is 0 Å². The molecule has 0 aliphatic carbocycles. The highest BCUT2D eigenvalue weighted by Crippen LogP contribution is 2.42. The van der Waals surface area contributed by atoms with E-state index in [0.717, 1.165) is 24.3 Å². The first-order chi connectivity index (χ1) is 14.9. The SMILES string of the molecule is CCC(C)CCCCC[C@H]1CO[C@@H](c2c(O)c(-c3ccccc3)cn(O)c2=O)[C@H](C)C1. The van der Waals surface area contributed by atoms with Gasteiger partial charge in [0.1, 0.15) is 5.75 Å². The number of aromatic nitrogens is 1. The van der Waals surface area contributed by atoms with Gasteiger partial charge >= 0.3 is 0 Å². The lowest BCUT2D eigenvalue weighted by Crippen LogP contribution is -2.33. The molecule has 2 heterocycles. The van der Waals surface area contributed by atoms with E-state index in [0.29, 0.717) is 22.8 Å². The maximum absolute atomic E-state index is 12.7. The van der Waals surface area contributed by atoms with Gasteiger partial charge in [-0.1, -0.05) is 83.2 Å². The Labute approximate surface area is 185 Å². The molecule has 2 aromatic rings. The number of aromatic hydroxyl groups is 1. The summed E-state index contributed by atoms with van der Waals surface area (Å²) < 4.78 is 6.69. The number of pyridine rings is 1. The van der Waals surface area contributed by atoms with Crippen molar-refractivity contribution in [2.75, 3.05) is 6.61 Å². The van der Waals surface area contributed by atoms with E-state index >= 15 is 0 Å². The third kappa shape index (κ3) is 5.70. The number of unbranched alkanes of at least 4 members (excludes halogenated alkanes) is 2. The first kappa shape index (κ1) is 23.4. The van der Waals surface area contributed by atoms with Gasteiger partial charge in [0.15, 0.2) is 0 Å². The summed E-state index contributed by atoms with van der Waals surface area (Å²) in [5, 5.41) is 21.1. The smallest absolute Gasteiger partial charge is 0.292 e. The van der Waals surface area contributed by atoms with Gasteiger partial charge in [0.2, 0.25) is 0 Å². The van der Waals surface area contributed by atoms with E-state index in [2.05, 4.69) is 20.8 Å². The highest BCUT2D eigenvalue weighted by Gasteiger charge is 2.34. The molecule has 1 aliphatic heterocycles. The molecule has 1 aliphatic rings. The third-order valence-electron chi connectivity index (χ3n) is 6.81. The zero-order valence-corrected chi connectivity index (χ0v) is 19.1. The van der Waals surface area contributed by atoms with E-state index in [1.54, 1.807) is 0 Å². The van der Waals surface area contributed by atoms with Crippen molar-refractivity contribution in [1.29, 1.82) is 0 Å². The maximum atomic E-state index is 12.7. The molecule has 1 unspecified atom stereocenters. The summed E-state index contributed by atoms with van der Waals surface area (Å²) in [5.41, 5.74) is 0.709. The molecule has 0 radical (unpaired) electrons. The molecule has 1 fully saturated rings. The molecule has 0 bridgehead atoms. The van der Waals surface area contributed by atoms with Crippen molar-refractivity contribution in [3.05, 3.63) is 52.4 Å². The first-order valence-corrected chi connectivity index (χ1v) is 11.8. The molecule has 170 valence electrons. The molecule has 1 aromatic carbocycles. The highest BCUT2D eigenvalue weighted by molar-refractivity contribution is 5.70. The minimum atomic E-state index is -0.613. The number of ether oxygens (including phenoxy) is 1. The van der Waals surface area contributed by atoms with Crippen molar-refractivity contribution in [1.82, 2.24) is 4.73 Å². The Hall–Kier alpha value is -2.27. The van der Waals surface area contributed by atoms with Crippen LogP contribution in [-0.4, -0.2) is 21.7 Å². The number of rotatable bonds is 9. The lowest BCUT2D eigenvalue weighted by Gasteiger charge is -2.35. The molecule has 1 aromatic heterocycles. The molecule has 0 spiro atoms. The van der Waals surface area contributed by atoms with Crippen molar-refractivity contribution >= 4 is 0 Å². The average Bonchev–Trinajstić information content (AvgIpc) is 2.77. The fourth-order valence-electron chi connectivity index (χ4n) is 4.69.